The summed E-state index contributed by atoms with van der Waals surface area (Å²) in [6.07, 6.45) is 3.51. The van der Waals surface area contributed by atoms with Crippen molar-refractivity contribution < 1.29 is 0 Å². The van der Waals surface area contributed by atoms with E-state index in [4.69, 9.17) is 10.8 Å². The van der Waals surface area contributed by atoms with E-state index in [2.05, 4.69) is 19.9 Å². The van der Waals surface area contributed by atoms with E-state index >= 15 is 0 Å². The molecule has 33 heavy (non-hydrogen) atoms. The van der Waals surface area contributed by atoms with E-state index in [1.54, 1.807) is 0 Å². The lowest BCUT2D eigenvalue weighted by Gasteiger charge is -2.28. The van der Waals surface area contributed by atoms with Gasteiger partial charge in [-0.3, -0.25) is 4.79 Å². The van der Waals surface area contributed by atoms with Crippen LogP contribution in [0.2, 0.25) is 0 Å². The highest BCUT2D eigenvalue weighted by atomic mass is 16.1. The van der Waals surface area contributed by atoms with Crippen LogP contribution in [0.5, 0.6) is 0 Å². The lowest BCUT2D eigenvalue weighted by Crippen LogP contribution is -2.30. The molecule has 0 radical (unpaired) electrons. The van der Waals surface area contributed by atoms with Gasteiger partial charge in [0.1, 0.15) is 11.4 Å². The number of aromatic amines is 2. The van der Waals surface area contributed by atoms with Crippen molar-refractivity contribution in [3.63, 3.8) is 0 Å². The number of nitrogen functional groups attached to an aromatic ring is 1. The predicted molar refractivity (Wildman–Crippen MR) is 132 cm³/mol. The maximum absolute atomic E-state index is 13.8. The number of nitrogens with two attached hydrogens (primary N) is 1. The minimum Gasteiger partial charge on any atom is -0.369 e. The third-order valence-electron chi connectivity index (χ3n) is 6.46. The fraction of sp³-hybridized carbons (Fsp3) is 0.240. The van der Waals surface area contributed by atoms with Crippen LogP contribution in [-0.4, -0.2) is 37.7 Å². The van der Waals surface area contributed by atoms with Gasteiger partial charge >= 0.3 is 0 Å². The Hall–Kier alpha value is -4.07. The van der Waals surface area contributed by atoms with Crippen LogP contribution in [0.25, 0.3) is 39.1 Å². The molecule has 2 aromatic carbocycles. The topological polar surface area (TPSA) is 108 Å². The largest absolute Gasteiger partial charge is 0.369 e. The smallest absolute Gasteiger partial charge is 0.282 e. The molecule has 0 amide bonds. The van der Waals surface area contributed by atoms with Gasteiger partial charge in [-0.15, -0.1) is 0 Å². The number of nitrogens with zero attached hydrogens (tertiary/aromatic N) is 4. The van der Waals surface area contributed by atoms with Crippen LogP contribution in [0, 0.1) is 6.92 Å². The zero-order valence-corrected chi connectivity index (χ0v) is 18.4. The molecule has 0 atom stereocenters. The first-order valence-corrected chi connectivity index (χ1v) is 11.3. The van der Waals surface area contributed by atoms with Crippen molar-refractivity contribution in [1.29, 1.82) is 0 Å². The number of aromatic nitrogens is 5. The van der Waals surface area contributed by atoms with Gasteiger partial charge in [0.15, 0.2) is 11.6 Å². The Balaban J connectivity index is 1.60. The summed E-state index contributed by atoms with van der Waals surface area (Å²) in [5.74, 6) is 0.356. The summed E-state index contributed by atoms with van der Waals surface area (Å²) in [6.45, 7) is 3.86. The van der Waals surface area contributed by atoms with Crippen molar-refractivity contribution in [1.82, 2.24) is 24.6 Å². The molecule has 5 aromatic rings. The maximum Gasteiger partial charge on any atom is 0.282 e. The molecule has 0 spiro atoms. The molecule has 0 bridgehead atoms. The lowest BCUT2D eigenvalue weighted by molar-refractivity contribution is 0.579. The summed E-state index contributed by atoms with van der Waals surface area (Å²) in [5, 5.41) is 4.84. The van der Waals surface area contributed by atoms with Gasteiger partial charge < -0.3 is 20.6 Å². The molecule has 1 aliphatic heterocycles. The van der Waals surface area contributed by atoms with Crippen LogP contribution in [0.1, 0.15) is 25.0 Å². The highest BCUT2D eigenvalue weighted by Crippen LogP contribution is 2.35. The lowest BCUT2D eigenvalue weighted by atomic mass is 10.0. The molecule has 8 nitrogen and oxygen atoms in total. The molecule has 6 rings (SSSR count). The van der Waals surface area contributed by atoms with Gasteiger partial charge in [0.05, 0.1) is 16.6 Å². The van der Waals surface area contributed by atoms with E-state index in [0.29, 0.717) is 11.5 Å². The Bertz CT molecular complexity index is 1540. The van der Waals surface area contributed by atoms with Crippen molar-refractivity contribution >= 4 is 28.3 Å². The van der Waals surface area contributed by atoms with Crippen molar-refractivity contribution in [2.24, 2.45) is 0 Å². The number of nitrogens with one attached hydrogen (secondary N) is 2. The van der Waals surface area contributed by atoms with E-state index < -0.39 is 0 Å². The monoisotopic (exact) mass is 439 g/mol. The number of hydrogen-bond donors (Lipinski definition) is 3. The fourth-order valence-corrected chi connectivity index (χ4v) is 4.90. The minimum absolute atomic E-state index is 0.149. The number of imidazole rings is 1. The van der Waals surface area contributed by atoms with Crippen LogP contribution >= 0.6 is 0 Å². The molecular weight excluding hydrogens is 414 g/mol. The van der Waals surface area contributed by atoms with Gasteiger partial charge in [0.2, 0.25) is 0 Å². The Morgan fingerprint density at radius 2 is 1.76 bits per heavy atom. The Morgan fingerprint density at radius 1 is 0.970 bits per heavy atom. The van der Waals surface area contributed by atoms with Gasteiger partial charge in [0, 0.05) is 24.3 Å². The molecule has 0 saturated carbocycles. The SMILES string of the molecule is Cc1[nH]c2c(N3CCCCC3)c(-c3ccccc3)nn2c(=O)c1-c1ccc2[nH]c(N)nc2c1. The highest BCUT2D eigenvalue weighted by molar-refractivity contribution is 5.88. The van der Waals surface area contributed by atoms with Crippen molar-refractivity contribution in [3.05, 3.63) is 64.6 Å². The summed E-state index contributed by atoms with van der Waals surface area (Å²) in [7, 11) is 0. The first-order valence-electron chi connectivity index (χ1n) is 11.3. The summed E-state index contributed by atoms with van der Waals surface area (Å²) >= 11 is 0. The third kappa shape index (κ3) is 3.17. The van der Waals surface area contributed by atoms with Gasteiger partial charge in [-0.1, -0.05) is 36.4 Å². The summed E-state index contributed by atoms with van der Waals surface area (Å²) in [4.78, 5) is 27.0. The fourth-order valence-electron chi connectivity index (χ4n) is 4.90. The Kier molecular flexibility index (Phi) is 4.46. The first kappa shape index (κ1) is 19.6. The zero-order valence-electron chi connectivity index (χ0n) is 18.4. The van der Waals surface area contributed by atoms with E-state index in [1.165, 1.54) is 10.9 Å². The van der Waals surface area contributed by atoms with Gasteiger partial charge in [0.25, 0.3) is 5.56 Å². The second-order valence-electron chi connectivity index (χ2n) is 8.66. The maximum atomic E-state index is 13.8. The van der Waals surface area contributed by atoms with E-state index in [-0.39, 0.29) is 5.56 Å². The van der Waals surface area contributed by atoms with Crippen LogP contribution in [0.3, 0.4) is 0 Å². The number of aryl methyl sites for hydroxylation is 1. The highest BCUT2D eigenvalue weighted by Gasteiger charge is 2.25. The van der Waals surface area contributed by atoms with E-state index in [0.717, 1.165) is 70.8 Å². The molecule has 4 N–H and O–H groups in total. The molecule has 8 heteroatoms. The van der Waals surface area contributed by atoms with Crippen LogP contribution < -0.4 is 16.2 Å². The molecule has 4 heterocycles. The van der Waals surface area contributed by atoms with Crippen LogP contribution in [-0.2, 0) is 0 Å². The molecule has 1 saturated heterocycles. The summed E-state index contributed by atoms with van der Waals surface area (Å²) < 4.78 is 1.53. The first-order chi connectivity index (χ1) is 16.1. The zero-order chi connectivity index (χ0) is 22.5. The average molecular weight is 440 g/mol. The number of fused-ring (bicyclic) bond motifs is 2. The van der Waals surface area contributed by atoms with Gasteiger partial charge in [-0.05, 0) is 43.9 Å². The number of anilines is 2. The van der Waals surface area contributed by atoms with Crippen molar-refractivity contribution in [2.75, 3.05) is 23.7 Å². The second-order valence-corrected chi connectivity index (χ2v) is 8.66. The van der Waals surface area contributed by atoms with Crippen molar-refractivity contribution in [3.8, 4) is 22.4 Å². The summed E-state index contributed by atoms with van der Waals surface area (Å²) in [6, 6.07) is 15.8. The molecule has 0 unspecified atom stereocenters. The number of hydrogen-bond acceptors (Lipinski definition) is 5. The molecular formula is C25H25N7O. The average Bonchev–Trinajstić information content (AvgIpc) is 3.40. The molecule has 3 aromatic heterocycles. The minimum atomic E-state index is -0.149. The van der Waals surface area contributed by atoms with Gasteiger partial charge in [-0.2, -0.15) is 9.61 Å². The Morgan fingerprint density at radius 3 is 2.55 bits per heavy atom. The van der Waals surface area contributed by atoms with Gasteiger partial charge in [-0.25, -0.2) is 4.98 Å². The number of benzene rings is 2. The number of rotatable bonds is 3. The molecule has 166 valence electrons. The normalized spacial score (nSPS) is 14.4. The number of H-pyrrole nitrogens is 2. The predicted octanol–water partition coefficient (Wildman–Crippen LogP) is 4.11. The van der Waals surface area contributed by atoms with Crippen LogP contribution in [0.15, 0.2) is 53.3 Å². The quantitative estimate of drug-likeness (QED) is 0.392. The number of piperidine rings is 1. The van der Waals surface area contributed by atoms with Crippen LogP contribution in [0.4, 0.5) is 11.6 Å². The summed E-state index contributed by atoms with van der Waals surface area (Å²) in [5.41, 5.74) is 13.0. The van der Waals surface area contributed by atoms with E-state index in [9.17, 15) is 4.79 Å². The third-order valence-corrected chi connectivity index (χ3v) is 6.46. The van der Waals surface area contributed by atoms with Crippen molar-refractivity contribution in [2.45, 2.75) is 26.2 Å². The standard InChI is InChI=1S/C25H25N7O/c1-15-20(17-10-11-18-19(14-17)29-25(26)28-18)24(33)32-23(27-15)22(31-12-6-3-7-13-31)21(30-32)16-8-4-2-5-9-16/h2,4-5,8-11,14,27H,3,6-7,12-13H2,1H3,(H3,26,28,29). The Labute approximate surface area is 190 Å². The molecule has 1 aliphatic rings. The molecule has 1 fully saturated rings. The van der Waals surface area contributed by atoms with E-state index in [1.807, 2.05) is 55.5 Å². The molecule has 0 aliphatic carbocycles. The second kappa shape index (κ2) is 7.51.